The molecular weight excluding hydrogens is 296 g/mol. The van der Waals surface area contributed by atoms with E-state index in [9.17, 15) is 9.11 Å². The summed E-state index contributed by atoms with van der Waals surface area (Å²) in [6.45, 7) is 4.18. The summed E-state index contributed by atoms with van der Waals surface area (Å²) in [7, 11) is -2.95. The first kappa shape index (κ1) is 15.3. The van der Waals surface area contributed by atoms with E-state index in [0.717, 1.165) is 23.4 Å². The van der Waals surface area contributed by atoms with E-state index in [1.807, 2.05) is 30.3 Å². The Hall–Kier alpha value is -1.56. The third-order valence-corrected chi connectivity index (χ3v) is 6.85. The molecule has 118 valence electrons. The van der Waals surface area contributed by atoms with Crippen molar-refractivity contribution in [1.82, 2.24) is 4.98 Å². The first-order valence-corrected chi connectivity index (χ1v) is 9.17. The maximum atomic E-state index is 11.0. The van der Waals surface area contributed by atoms with E-state index < -0.39 is 10.8 Å². The van der Waals surface area contributed by atoms with Crippen LogP contribution in [0.25, 0.3) is 0 Å². The highest BCUT2D eigenvalue weighted by molar-refractivity contribution is 8.26. The molecule has 2 heterocycles. The molecule has 3 rings (SSSR count). The van der Waals surface area contributed by atoms with Crippen molar-refractivity contribution in [2.45, 2.75) is 31.9 Å². The number of aromatic nitrogens is 1. The van der Waals surface area contributed by atoms with Crippen LogP contribution in [0.15, 0.2) is 48.8 Å². The SMILES string of the molecule is CCC(C)C1Cc2ccccc2N(c2cccnc2)S1(O)O. The second kappa shape index (κ2) is 5.91. The molecule has 1 aromatic heterocycles. The van der Waals surface area contributed by atoms with E-state index >= 15 is 0 Å². The molecule has 4 nitrogen and oxygen atoms in total. The van der Waals surface area contributed by atoms with Crippen LogP contribution in [0, 0.1) is 5.92 Å². The number of pyridine rings is 1. The average Bonchev–Trinajstić information content (AvgIpc) is 2.53. The van der Waals surface area contributed by atoms with Crippen LogP contribution in [0.2, 0.25) is 0 Å². The number of fused-ring (bicyclic) bond motifs is 1. The lowest BCUT2D eigenvalue weighted by Gasteiger charge is -2.54. The molecule has 0 fully saturated rings. The zero-order valence-corrected chi connectivity index (χ0v) is 13.7. The van der Waals surface area contributed by atoms with Crippen LogP contribution >= 0.6 is 10.8 Å². The van der Waals surface area contributed by atoms with Gasteiger partial charge in [-0.15, -0.1) is 10.8 Å². The Morgan fingerprint density at radius 3 is 2.73 bits per heavy atom. The summed E-state index contributed by atoms with van der Waals surface area (Å²) in [6, 6.07) is 11.6. The molecule has 1 aliphatic heterocycles. The van der Waals surface area contributed by atoms with E-state index in [1.165, 1.54) is 0 Å². The highest BCUT2D eigenvalue weighted by atomic mass is 32.3. The van der Waals surface area contributed by atoms with Gasteiger partial charge in [0.25, 0.3) is 0 Å². The second-order valence-corrected chi connectivity index (χ2v) is 7.92. The molecule has 0 amide bonds. The van der Waals surface area contributed by atoms with Crippen molar-refractivity contribution in [3.8, 4) is 0 Å². The summed E-state index contributed by atoms with van der Waals surface area (Å²) >= 11 is 0. The molecule has 0 radical (unpaired) electrons. The summed E-state index contributed by atoms with van der Waals surface area (Å²) in [6.07, 6.45) is 5.00. The molecule has 0 bridgehead atoms. The van der Waals surface area contributed by atoms with E-state index in [1.54, 1.807) is 16.7 Å². The van der Waals surface area contributed by atoms with Crippen molar-refractivity contribution in [2.75, 3.05) is 4.31 Å². The van der Waals surface area contributed by atoms with Crippen LogP contribution < -0.4 is 4.31 Å². The fourth-order valence-corrected chi connectivity index (χ4v) is 5.41. The number of rotatable bonds is 3. The molecule has 5 heteroatoms. The minimum absolute atomic E-state index is 0.174. The van der Waals surface area contributed by atoms with E-state index in [2.05, 4.69) is 24.9 Å². The summed E-state index contributed by atoms with van der Waals surface area (Å²) in [5.74, 6) is 0.234. The Morgan fingerprint density at radius 1 is 1.27 bits per heavy atom. The van der Waals surface area contributed by atoms with Crippen molar-refractivity contribution in [3.63, 3.8) is 0 Å². The minimum atomic E-state index is -2.95. The van der Waals surface area contributed by atoms with Crippen LogP contribution in [0.5, 0.6) is 0 Å². The maximum absolute atomic E-state index is 11.0. The molecule has 0 saturated carbocycles. The Bertz CT molecular complexity index is 648. The van der Waals surface area contributed by atoms with Gasteiger partial charge in [0.05, 0.1) is 22.8 Å². The number of benzene rings is 1. The lowest BCUT2D eigenvalue weighted by atomic mass is 9.97. The first-order chi connectivity index (χ1) is 10.6. The number of hydrogen-bond acceptors (Lipinski definition) is 4. The van der Waals surface area contributed by atoms with Gasteiger partial charge in [0.1, 0.15) is 0 Å². The van der Waals surface area contributed by atoms with Gasteiger partial charge >= 0.3 is 0 Å². The fourth-order valence-electron chi connectivity index (χ4n) is 3.03. The van der Waals surface area contributed by atoms with Crippen LogP contribution in [0.4, 0.5) is 11.4 Å². The number of hydrogen-bond donors (Lipinski definition) is 2. The van der Waals surface area contributed by atoms with Gasteiger partial charge in [-0.2, -0.15) is 0 Å². The van der Waals surface area contributed by atoms with Gasteiger partial charge in [0.2, 0.25) is 0 Å². The first-order valence-electron chi connectivity index (χ1n) is 7.61. The standard InChI is InChI=1S/C17H22N2O2S/c1-3-13(2)17-11-14-7-4-5-9-16(14)19(22(17,20)21)15-8-6-10-18-12-15/h4-10,12-13,17,20-21H,3,11H2,1-2H3. The molecule has 2 atom stereocenters. The third kappa shape index (κ3) is 2.49. The molecule has 2 aromatic rings. The van der Waals surface area contributed by atoms with Gasteiger partial charge < -0.3 is 0 Å². The highest BCUT2D eigenvalue weighted by Crippen LogP contribution is 2.61. The van der Waals surface area contributed by atoms with E-state index in [-0.39, 0.29) is 11.2 Å². The zero-order valence-electron chi connectivity index (χ0n) is 12.9. The van der Waals surface area contributed by atoms with Crippen molar-refractivity contribution in [3.05, 3.63) is 54.4 Å². The predicted molar refractivity (Wildman–Crippen MR) is 92.6 cm³/mol. The Kier molecular flexibility index (Phi) is 4.12. The van der Waals surface area contributed by atoms with Crippen LogP contribution in [-0.2, 0) is 6.42 Å². The largest absolute Gasteiger partial charge is 0.281 e. The van der Waals surface area contributed by atoms with Crippen molar-refractivity contribution < 1.29 is 9.11 Å². The molecule has 22 heavy (non-hydrogen) atoms. The van der Waals surface area contributed by atoms with Gasteiger partial charge in [0.15, 0.2) is 0 Å². The zero-order chi connectivity index (χ0) is 15.7. The van der Waals surface area contributed by atoms with Crippen molar-refractivity contribution in [2.24, 2.45) is 5.92 Å². The lowest BCUT2D eigenvalue weighted by molar-refractivity contribution is 0.418. The predicted octanol–water partition coefficient (Wildman–Crippen LogP) is 4.86. The third-order valence-electron chi connectivity index (χ3n) is 4.47. The normalized spacial score (nSPS) is 22.7. The lowest BCUT2D eigenvalue weighted by Crippen LogP contribution is -2.40. The van der Waals surface area contributed by atoms with Crippen LogP contribution in [0.1, 0.15) is 25.8 Å². The van der Waals surface area contributed by atoms with Gasteiger partial charge in [0, 0.05) is 6.20 Å². The number of anilines is 2. The molecular formula is C17H22N2O2S. The van der Waals surface area contributed by atoms with Crippen LogP contribution in [-0.4, -0.2) is 19.3 Å². The maximum Gasteiger partial charge on any atom is 0.0810 e. The Balaban J connectivity index is 2.16. The van der Waals surface area contributed by atoms with E-state index in [0.29, 0.717) is 6.42 Å². The molecule has 1 aromatic carbocycles. The molecule has 0 saturated heterocycles. The van der Waals surface area contributed by atoms with Gasteiger partial charge in [-0.3, -0.25) is 14.1 Å². The van der Waals surface area contributed by atoms with Crippen LogP contribution in [0.3, 0.4) is 0 Å². The molecule has 0 spiro atoms. The minimum Gasteiger partial charge on any atom is -0.281 e. The van der Waals surface area contributed by atoms with Crippen molar-refractivity contribution >= 4 is 22.2 Å². The smallest absolute Gasteiger partial charge is 0.0810 e. The Morgan fingerprint density at radius 2 is 2.05 bits per heavy atom. The Labute approximate surface area is 133 Å². The molecule has 1 aliphatic rings. The quantitative estimate of drug-likeness (QED) is 0.849. The summed E-state index contributed by atoms with van der Waals surface area (Å²) in [5, 5.41) is -0.174. The van der Waals surface area contributed by atoms with Gasteiger partial charge in [-0.25, -0.2) is 4.31 Å². The summed E-state index contributed by atoms with van der Waals surface area (Å²) in [5.41, 5.74) is 2.75. The number of nitrogens with zero attached hydrogens (tertiary/aromatic N) is 2. The molecule has 0 aliphatic carbocycles. The summed E-state index contributed by atoms with van der Waals surface area (Å²) in [4.78, 5) is 4.14. The molecule has 2 unspecified atom stereocenters. The number of para-hydroxylation sites is 1. The van der Waals surface area contributed by atoms with Gasteiger partial charge in [-0.1, -0.05) is 38.5 Å². The summed E-state index contributed by atoms with van der Waals surface area (Å²) < 4.78 is 23.8. The topological polar surface area (TPSA) is 56.6 Å². The van der Waals surface area contributed by atoms with E-state index in [4.69, 9.17) is 0 Å². The fraction of sp³-hybridized carbons (Fsp3) is 0.353. The highest BCUT2D eigenvalue weighted by Gasteiger charge is 2.41. The van der Waals surface area contributed by atoms with Crippen molar-refractivity contribution in [1.29, 1.82) is 0 Å². The monoisotopic (exact) mass is 318 g/mol. The molecule has 2 N–H and O–H groups in total. The second-order valence-electron chi connectivity index (χ2n) is 5.82. The van der Waals surface area contributed by atoms with Gasteiger partial charge in [-0.05, 0) is 36.1 Å². The average molecular weight is 318 g/mol.